The van der Waals surface area contributed by atoms with Gasteiger partial charge in [-0.1, -0.05) is 0 Å². The molecule has 1 atom stereocenters. The molecule has 1 heterocycles. The van der Waals surface area contributed by atoms with Crippen LogP contribution in [0.3, 0.4) is 0 Å². The van der Waals surface area contributed by atoms with Gasteiger partial charge in [0.25, 0.3) is 0 Å². The van der Waals surface area contributed by atoms with Crippen LogP contribution in [0, 0.1) is 17.0 Å². The quantitative estimate of drug-likeness (QED) is 0.566. The Morgan fingerprint density at radius 1 is 1.75 bits per heavy atom. The van der Waals surface area contributed by atoms with E-state index in [0.717, 1.165) is 0 Å². The highest BCUT2D eigenvalue weighted by atomic mass is 16.6. The average molecular weight is 229 g/mol. The van der Waals surface area contributed by atoms with Crippen molar-refractivity contribution in [2.75, 3.05) is 13.2 Å². The summed E-state index contributed by atoms with van der Waals surface area (Å²) in [5.41, 5.74) is 0.480. The molecule has 1 aromatic heterocycles. The number of rotatable bonds is 6. The minimum atomic E-state index is -0.709. The van der Waals surface area contributed by atoms with E-state index in [1.165, 1.54) is 10.9 Å². The van der Waals surface area contributed by atoms with E-state index in [1.54, 1.807) is 6.92 Å². The number of hydrogen-bond donors (Lipinski definition) is 1. The summed E-state index contributed by atoms with van der Waals surface area (Å²) < 4.78 is 6.39. The average Bonchev–Trinajstić information content (AvgIpc) is 2.56. The molecule has 0 aromatic carbocycles. The molecule has 0 spiro atoms. The van der Waals surface area contributed by atoms with E-state index in [1.807, 2.05) is 6.92 Å². The van der Waals surface area contributed by atoms with Gasteiger partial charge in [-0.05, 0) is 18.8 Å². The lowest BCUT2D eigenvalue weighted by molar-refractivity contribution is -0.390. The van der Waals surface area contributed by atoms with E-state index in [4.69, 9.17) is 4.74 Å². The summed E-state index contributed by atoms with van der Waals surface area (Å²) in [7, 11) is 0. The highest BCUT2D eigenvalue weighted by Gasteiger charge is 2.18. The van der Waals surface area contributed by atoms with Gasteiger partial charge in [0, 0.05) is 6.61 Å². The molecule has 7 heteroatoms. The van der Waals surface area contributed by atoms with Crippen molar-refractivity contribution in [2.24, 2.45) is 0 Å². The van der Waals surface area contributed by atoms with Crippen LogP contribution in [-0.2, 0) is 11.3 Å². The number of aryl methyl sites for hydroxylation is 1. The number of aromatic nitrogens is 2. The second-order valence-electron chi connectivity index (χ2n) is 3.43. The van der Waals surface area contributed by atoms with Gasteiger partial charge in [0.2, 0.25) is 0 Å². The smallest absolute Gasteiger partial charge is 0.389 e. The molecule has 7 nitrogen and oxygen atoms in total. The number of nitro groups is 1. The van der Waals surface area contributed by atoms with Gasteiger partial charge in [-0.2, -0.15) is 4.68 Å². The fraction of sp³-hybridized carbons (Fsp3) is 0.667. The Morgan fingerprint density at radius 2 is 2.44 bits per heavy atom. The molecular formula is C9H15N3O4. The van der Waals surface area contributed by atoms with E-state index >= 15 is 0 Å². The van der Waals surface area contributed by atoms with Gasteiger partial charge in [0.05, 0.1) is 36.1 Å². The fourth-order valence-electron chi connectivity index (χ4n) is 1.31. The van der Waals surface area contributed by atoms with Gasteiger partial charge in [-0.3, -0.25) is 0 Å². The summed E-state index contributed by atoms with van der Waals surface area (Å²) in [6, 6.07) is 0. The van der Waals surface area contributed by atoms with Crippen LogP contribution in [0.1, 0.15) is 12.5 Å². The summed E-state index contributed by atoms with van der Waals surface area (Å²) in [6.07, 6.45) is 0.826. The zero-order chi connectivity index (χ0) is 12.1. The zero-order valence-electron chi connectivity index (χ0n) is 9.29. The third-order valence-electron chi connectivity index (χ3n) is 2.00. The lowest BCUT2D eigenvalue weighted by Crippen LogP contribution is -2.22. The topological polar surface area (TPSA) is 90.4 Å². The molecule has 90 valence electrons. The monoisotopic (exact) mass is 229 g/mol. The molecule has 0 amide bonds. The molecule has 0 aliphatic rings. The van der Waals surface area contributed by atoms with Crippen molar-refractivity contribution >= 4 is 5.82 Å². The second-order valence-corrected chi connectivity index (χ2v) is 3.43. The lowest BCUT2D eigenvalue weighted by atomic mass is 10.3. The first-order valence-corrected chi connectivity index (χ1v) is 4.98. The SMILES string of the molecule is CCOCC(O)Cn1cc(C)c([N+](=O)[O-])n1. The van der Waals surface area contributed by atoms with E-state index in [9.17, 15) is 15.2 Å². The highest BCUT2D eigenvalue weighted by molar-refractivity contribution is 5.27. The maximum Gasteiger partial charge on any atom is 0.392 e. The van der Waals surface area contributed by atoms with Crippen molar-refractivity contribution in [3.63, 3.8) is 0 Å². The van der Waals surface area contributed by atoms with Gasteiger partial charge in [-0.25, -0.2) is 0 Å². The predicted octanol–water partition coefficient (Wildman–Crippen LogP) is 0.497. The van der Waals surface area contributed by atoms with Crippen LogP contribution in [0.25, 0.3) is 0 Å². The number of hydrogen-bond acceptors (Lipinski definition) is 5. The Kier molecular flexibility index (Phi) is 4.39. The Balaban J connectivity index is 2.60. The summed E-state index contributed by atoms with van der Waals surface area (Å²) in [5, 5.41) is 23.8. The van der Waals surface area contributed by atoms with Crippen LogP contribution in [0.15, 0.2) is 6.20 Å². The van der Waals surface area contributed by atoms with Crippen LogP contribution in [-0.4, -0.2) is 39.1 Å². The molecule has 0 aliphatic heterocycles. The summed E-state index contributed by atoms with van der Waals surface area (Å²) in [6.45, 7) is 4.35. The summed E-state index contributed by atoms with van der Waals surface area (Å²) >= 11 is 0. The van der Waals surface area contributed by atoms with E-state index < -0.39 is 11.0 Å². The van der Waals surface area contributed by atoms with Gasteiger partial charge in [0.1, 0.15) is 0 Å². The van der Waals surface area contributed by atoms with Gasteiger partial charge in [-0.15, -0.1) is 0 Å². The molecular weight excluding hydrogens is 214 g/mol. The Labute approximate surface area is 92.8 Å². The maximum atomic E-state index is 10.5. The molecule has 0 fully saturated rings. The predicted molar refractivity (Wildman–Crippen MR) is 56.1 cm³/mol. The summed E-state index contributed by atoms with van der Waals surface area (Å²) in [5.74, 6) is -0.177. The first-order valence-electron chi connectivity index (χ1n) is 4.98. The third kappa shape index (κ3) is 3.28. The van der Waals surface area contributed by atoms with Crippen molar-refractivity contribution in [3.8, 4) is 0 Å². The number of ether oxygens (including phenoxy) is 1. The minimum Gasteiger partial charge on any atom is -0.389 e. The Hall–Kier alpha value is -1.47. The van der Waals surface area contributed by atoms with Crippen molar-refractivity contribution in [1.29, 1.82) is 0 Å². The van der Waals surface area contributed by atoms with Gasteiger partial charge in [0.15, 0.2) is 0 Å². The molecule has 0 aliphatic carbocycles. The van der Waals surface area contributed by atoms with Crippen molar-refractivity contribution in [2.45, 2.75) is 26.5 Å². The molecule has 1 unspecified atom stereocenters. The van der Waals surface area contributed by atoms with Gasteiger partial charge < -0.3 is 20.0 Å². The number of nitrogens with zero attached hydrogens (tertiary/aromatic N) is 3. The third-order valence-corrected chi connectivity index (χ3v) is 2.00. The second kappa shape index (κ2) is 5.57. The van der Waals surface area contributed by atoms with Crippen LogP contribution in [0.2, 0.25) is 0 Å². The number of aliphatic hydroxyl groups is 1. The van der Waals surface area contributed by atoms with Crippen molar-refractivity contribution < 1.29 is 14.8 Å². The molecule has 0 bridgehead atoms. The van der Waals surface area contributed by atoms with E-state index in [2.05, 4.69) is 5.10 Å². The first-order chi connectivity index (χ1) is 7.54. The van der Waals surface area contributed by atoms with Crippen LogP contribution in [0.5, 0.6) is 0 Å². The van der Waals surface area contributed by atoms with Crippen molar-refractivity contribution in [3.05, 3.63) is 21.9 Å². The molecule has 1 aromatic rings. The largest absolute Gasteiger partial charge is 0.392 e. The molecule has 0 radical (unpaired) electrons. The highest BCUT2D eigenvalue weighted by Crippen LogP contribution is 2.13. The van der Waals surface area contributed by atoms with Crippen LogP contribution < -0.4 is 0 Å². The maximum absolute atomic E-state index is 10.5. The Morgan fingerprint density at radius 3 is 2.94 bits per heavy atom. The minimum absolute atomic E-state index is 0.177. The fourth-order valence-corrected chi connectivity index (χ4v) is 1.31. The van der Waals surface area contributed by atoms with Crippen molar-refractivity contribution in [1.82, 2.24) is 9.78 Å². The molecule has 16 heavy (non-hydrogen) atoms. The van der Waals surface area contributed by atoms with E-state index in [0.29, 0.717) is 12.2 Å². The first kappa shape index (κ1) is 12.6. The van der Waals surface area contributed by atoms with Crippen LogP contribution in [0.4, 0.5) is 5.82 Å². The van der Waals surface area contributed by atoms with Gasteiger partial charge >= 0.3 is 5.82 Å². The zero-order valence-corrected chi connectivity index (χ0v) is 9.29. The number of aliphatic hydroxyl groups excluding tert-OH is 1. The molecule has 1 N–H and O–H groups in total. The lowest BCUT2D eigenvalue weighted by Gasteiger charge is -2.07. The standard InChI is InChI=1S/C9H15N3O4/c1-3-16-6-8(13)5-11-4-7(2)9(10-11)12(14)15/h4,8,13H,3,5-6H2,1-2H3. The molecule has 0 saturated heterocycles. The van der Waals surface area contributed by atoms with E-state index in [-0.39, 0.29) is 19.0 Å². The molecule has 1 rings (SSSR count). The van der Waals surface area contributed by atoms with Crippen LogP contribution >= 0.6 is 0 Å². The summed E-state index contributed by atoms with van der Waals surface area (Å²) in [4.78, 5) is 9.99. The molecule has 0 saturated carbocycles. The normalized spacial score (nSPS) is 12.7. The Bertz CT molecular complexity index is 364.